The fourth-order valence-electron chi connectivity index (χ4n) is 2.84. The van der Waals surface area contributed by atoms with E-state index in [1.165, 1.54) is 28.8 Å². The second kappa shape index (κ2) is 12.3. The van der Waals surface area contributed by atoms with E-state index in [-0.39, 0.29) is 29.8 Å². The van der Waals surface area contributed by atoms with Crippen molar-refractivity contribution in [2.75, 3.05) is 12.3 Å². The Labute approximate surface area is 191 Å². The van der Waals surface area contributed by atoms with E-state index < -0.39 is 11.0 Å². The van der Waals surface area contributed by atoms with Crippen molar-refractivity contribution in [2.45, 2.75) is 38.6 Å². The SMILES string of the molecule is CCCNC(=O)C(C)N(Cc1ccccc1Cl)C(=O)CSCc1ccc([N+](=O)[O-])cc1. The minimum atomic E-state index is -0.643. The number of hydrogen-bond donors (Lipinski definition) is 1. The van der Waals surface area contributed by atoms with Gasteiger partial charge in [0.15, 0.2) is 0 Å². The first-order chi connectivity index (χ1) is 14.8. The van der Waals surface area contributed by atoms with Gasteiger partial charge in [0, 0.05) is 36.0 Å². The highest BCUT2D eigenvalue weighted by molar-refractivity contribution is 7.99. The number of benzene rings is 2. The van der Waals surface area contributed by atoms with E-state index in [2.05, 4.69) is 5.32 Å². The van der Waals surface area contributed by atoms with Gasteiger partial charge >= 0.3 is 0 Å². The zero-order chi connectivity index (χ0) is 22.8. The first-order valence-corrected chi connectivity index (χ1v) is 11.5. The van der Waals surface area contributed by atoms with Crippen molar-refractivity contribution in [3.05, 3.63) is 74.8 Å². The van der Waals surface area contributed by atoms with Crippen molar-refractivity contribution >= 4 is 40.9 Å². The maximum atomic E-state index is 13.0. The van der Waals surface area contributed by atoms with Gasteiger partial charge in [-0.25, -0.2) is 0 Å². The highest BCUT2D eigenvalue weighted by atomic mass is 35.5. The van der Waals surface area contributed by atoms with E-state index in [9.17, 15) is 19.7 Å². The van der Waals surface area contributed by atoms with Gasteiger partial charge in [-0.15, -0.1) is 11.8 Å². The Morgan fingerprint density at radius 2 is 1.87 bits per heavy atom. The zero-order valence-electron chi connectivity index (χ0n) is 17.5. The second-order valence-corrected chi connectivity index (χ2v) is 8.39. The van der Waals surface area contributed by atoms with E-state index in [4.69, 9.17) is 11.6 Å². The van der Waals surface area contributed by atoms with Crippen LogP contribution in [0.5, 0.6) is 0 Å². The Morgan fingerprint density at radius 3 is 2.48 bits per heavy atom. The number of nitrogens with zero attached hydrogens (tertiary/aromatic N) is 2. The van der Waals surface area contributed by atoms with Crippen LogP contribution in [0.3, 0.4) is 0 Å². The molecule has 0 aromatic heterocycles. The molecule has 0 radical (unpaired) electrons. The first kappa shape index (κ1) is 24.7. The molecule has 1 N–H and O–H groups in total. The van der Waals surface area contributed by atoms with Crippen LogP contribution in [0.15, 0.2) is 48.5 Å². The van der Waals surface area contributed by atoms with Gasteiger partial charge in [0.25, 0.3) is 5.69 Å². The molecular weight excluding hydrogens is 438 g/mol. The molecule has 166 valence electrons. The van der Waals surface area contributed by atoms with Crippen molar-refractivity contribution < 1.29 is 14.5 Å². The molecule has 31 heavy (non-hydrogen) atoms. The highest BCUT2D eigenvalue weighted by Crippen LogP contribution is 2.21. The van der Waals surface area contributed by atoms with Crippen LogP contribution in [-0.2, 0) is 21.9 Å². The maximum absolute atomic E-state index is 13.0. The summed E-state index contributed by atoms with van der Waals surface area (Å²) in [5, 5.41) is 14.1. The van der Waals surface area contributed by atoms with Gasteiger partial charge < -0.3 is 10.2 Å². The Kier molecular flexibility index (Phi) is 9.81. The van der Waals surface area contributed by atoms with E-state index >= 15 is 0 Å². The van der Waals surface area contributed by atoms with Gasteiger partial charge in [-0.1, -0.05) is 48.9 Å². The Morgan fingerprint density at radius 1 is 1.19 bits per heavy atom. The van der Waals surface area contributed by atoms with Crippen LogP contribution < -0.4 is 5.32 Å². The third-order valence-electron chi connectivity index (χ3n) is 4.66. The molecule has 0 spiro atoms. The minimum absolute atomic E-state index is 0.0302. The van der Waals surface area contributed by atoms with Crippen molar-refractivity contribution in [3.63, 3.8) is 0 Å². The molecule has 2 rings (SSSR count). The van der Waals surface area contributed by atoms with Gasteiger partial charge in [0.2, 0.25) is 11.8 Å². The predicted octanol–water partition coefficient (Wildman–Crippen LogP) is 4.42. The zero-order valence-corrected chi connectivity index (χ0v) is 19.1. The monoisotopic (exact) mass is 463 g/mol. The van der Waals surface area contributed by atoms with Crippen molar-refractivity contribution in [2.24, 2.45) is 0 Å². The Hall–Kier alpha value is -2.58. The summed E-state index contributed by atoms with van der Waals surface area (Å²) >= 11 is 7.66. The van der Waals surface area contributed by atoms with Gasteiger partial charge in [-0.05, 0) is 30.5 Å². The first-order valence-electron chi connectivity index (χ1n) is 9.95. The number of rotatable bonds is 11. The molecule has 2 aromatic rings. The van der Waals surface area contributed by atoms with Crippen LogP contribution in [0, 0.1) is 10.1 Å². The number of carbonyl (C=O) groups excluding carboxylic acids is 2. The molecular formula is C22H26ClN3O4S. The van der Waals surface area contributed by atoms with E-state index in [1.54, 1.807) is 25.1 Å². The van der Waals surface area contributed by atoms with Crippen molar-refractivity contribution in [3.8, 4) is 0 Å². The van der Waals surface area contributed by atoms with Gasteiger partial charge in [-0.2, -0.15) is 0 Å². The Balaban J connectivity index is 2.05. The predicted molar refractivity (Wildman–Crippen MR) is 124 cm³/mol. The average Bonchev–Trinajstić information content (AvgIpc) is 2.76. The lowest BCUT2D eigenvalue weighted by Crippen LogP contribution is -2.48. The number of halogens is 1. The van der Waals surface area contributed by atoms with Crippen LogP contribution in [0.25, 0.3) is 0 Å². The summed E-state index contributed by atoms with van der Waals surface area (Å²) in [5.41, 5.74) is 1.69. The van der Waals surface area contributed by atoms with Crippen LogP contribution >= 0.6 is 23.4 Å². The highest BCUT2D eigenvalue weighted by Gasteiger charge is 2.26. The summed E-state index contributed by atoms with van der Waals surface area (Å²) in [7, 11) is 0. The summed E-state index contributed by atoms with van der Waals surface area (Å²) in [4.78, 5) is 37.4. The molecule has 1 unspecified atom stereocenters. The fourth-order valence-corrected chi connectivity index (χ4v) is 3.91. The number of nitrogens with one attached hydrogen (secondary N) is 1. The molecule has 2 amide bonds. The van der Waals surface area contributed by atoms with Crippen LogP contribution in [0.4, 0.5) is 5.69 Å². The number of amides is 2. The lowest BCUT2D eigenvalue weighted by molar-refractivity contribution is -0.384. The molecule has 9 heteroatoms. The number of carbonyl (C=O) groups is 2. The van der Waals surface area contributed by atoms with Crippen molar-refractivity contribution in [1.29, 1.82) is 0 Å². The summed E-state index contributed by atoms with van der Waals surface area (Å²) in [6, 6.07) is 12.9. The van der Waals surface area contributed by atoms with E-state index in [0.717, 1.165) is 17.5 Å². The lowest BCUT2D eigenvalue weighted by Gasteiger charge is -2.29. The molecule has 1 atom stereocenters. The van der Waals surface area contributed by atoms with Crippen LogP contribution in [-0.4, -0.2) is 40.0 Å². The molecule has 0 aliphatic carbocycles. The molecule has 0 bridgehead atoms. The quantitative estimate of drug-likeness (QED) is 0.393. The molecule has 0 saturated carbocycles. The maximum Gasteiger partial charge on any atom is 0.269 e. The fraction of sp³-hybridized carbons (Fsp3) is 0.364. The van der Waals surface area contributed by atoms with E-state index in [1.807, 2.05) is 25.1 Å². The molecule has 0 fully saturated rings. The minimum Gasteiger partial charge on any atom is -0.354 e. The molecule has 2 aromatic carbocycles. The number of nitro groups is 1. The molecule has 7 nitrogen and oxygen atoms in total. The Bertz CT molecular complexity index is 908. The summed E-state index contributed by atoms with van der Waals surface area (Å²) in [6.07, 6.45) is 0.808. The lowest BCUT2D eigenvalue weighted by atomic mass is 10.1. The van der Waals surface area contributed by atoms with Gasteiger partial charge in [0.1, 0.15) is 6.04 Å². The summed E-state index contributed by atoms with van der Waals surface area (Å²) in [5.74, 6) is 0.320. The van der Waals surface area contributed by atoms with Gasteiger partial charge in [-0.3, -0.25) is 19.7 Å². The average molecular weight is 464 g/mol. The van der Waals surface area contributed by atoms with Crippen LogP contribution in [0.2, 0.25) is 5.02 Å². The number of non-ortho nitro benzene ring substituents is 1. The standard InChI is InChI=1S/C22H26ClN3O4S/c1-3-12-24-22(28)16(2)25(13-18-6-4-5-7-20(18)23)21(27)15-31-14-17-8-10-19(11-9-17)26(29)30/h4-11,16H,3,12-15H2,1-2H3,(H,24,28). The number of hydrogen-bond acceptors (Lipinski definition) is 5. The molecule has 0 aliphatic heterocycles. The molecule has 0 saturated heterocycles. The summed E-state index contributed by atoms with van der Waals surface area (Å²) in [6.45, 7) is 4.46. The third-order valence-corrected chi connectivity index (χ3v) is 6.01. The summed E-state index contributed by atoms with van der Waals surface area (Å²) < 4.78 is 0. The van der Waals surface area contributed by atoms with E-state index in [0.29, 0.717) is 17.3 Å². The number of thioether (sulfide) groups is 1. The number of nitro benzene ring substituents is 1. The molecule has 0 heterocycles. The normalized spacial score (nSPS) is 11.6. The van der Waals surface area contributed by atoms with Crippen LogP contribution in [0.1, 0.15) is 31.4 Å². The smallest absolute Gasteiger partial charge is 0.269 e. The largest absolute Gasteiger partial charge is 0.354 e. The van der Waals surface area contributed by atoms with Crippen molar-refractivity contribution in [1.82, 2.24) is 10.2 Å². The second-order valence-electron chi connectivity index (χ2n) is 7.00. The third kappa shape index (κ3) is 7.56. The van der Waals surface area contributed by atoms with Gasteiger partial charge in [0.05, 0.1) is 10.7 Å². The molecule has 0 aliphatic rings. The topological polar surface area (TPSA) is 92.6 Å².